The van der Waals surface area contributed by atoms with E-state index < -0.39 is 0 Å². The van der Waals surface area contributed by atoms with Gasteiger partial charge in [-0.15, -0.1) is 0 Å². The van der Waals surface area contributed by atoms with E-state index in [1.165, 1.54) is 5.56 Å². The average Bonchev–Trinajstić information content (AvgIpc) is 2.84. The molecule has 1 unspecified atom stereocenters. The summed E-state index contributed by atoms with van der Waals surface area (Å²) in [6.45, 7) is 6.49. The lowest BCUT2D eigenvalue weighted by Gasteiger charge is -2.45. The highest BCUT2D eigenvalue weighted by atomic mass is 16.2. The summed E-state index contributed by atoms with van der Waals surface area (Å²) in [5.74, 6) is 0.464. The Hall–Kier alpha value is -2.10. The Morgan fingerprint density at radius 1 is 1.29 bits per heavy atom. The number of amides is 1. The Kier molecular flexibility index (Phi) is 3.12. The summed E-state index contributed by atoms with van der Waals surface area (Å²) in [6, 6.07) is 9.98. The number of fused-ring (bicyclic) bond motifs is 1. The third-order valence-corrected chi connectivity index (χ3v) is 4.36. The summed E-state index contributed by atoms with van der Waals surface area (Å²) in [6.07, 6.45) is 2.62. The van der Waals surface area contributed by atoms with Gasteiger partial charge in [-0.2, -0.15) is 5.10 Å². The quantitative estimate of drug-likeness (QED) is 0.805. The van der Waals surface area contributed by atoms with E-state index in [4.69, 9.17) is 0 Å². The molecular weight excluding hydrogens is 262 g/mol. The predicted molar refractivity (Wildman–Crippen MR) is 83.6 cm³/mol. The Labute approximate surface area is 125 Å². The molecule has 21 heavy (non-hydrogen) atoms. The van der Waals surface area contributed by atoms with E-state index in [-0.39, 0.29) is 11.4 Å². The Morgan fingerprint density at radius 3 is 2.67 bits per heavy atom. The van der Waals surface area contributed by atoms with Gasteiger partial charge >= 0.3 is 0 Å². The Morgan fingerprint density at radius 2 is 2.00 bits per heavy atom. The molecule has 4 nitrogen and oxygen atoms in total. The predicted octanol–water partition coefficient (Wildman–Crippen LogP) is 3.35. The van der Waals surface area contributed by atoms with E-state index >= 15 is 0 Å². The summed E-state index contributed by atoms with van der Waals surface area (Å²) < 4.78 is 1.64. The van der Waals surface area contributed by atoms with Crippen LogP contribution in [0.25, 0.3) is 0 Å². The van der Waals surface area contributed by atoms with Crippen molar-refractivity contribution in [2.75, 3.05) is 4.90 Å². The molecule has 0 N–H and O–H groups in total. The first-order chi connectivity index (χ1) is 9.92. The second-order valence-electron chi connectivity index (χ2n) is 6.46. The van der Waals surface area contributed by atoms with Gasteiger partial charge < -0.3 is 4.90 Å². The zero-order valence-electron chi connectivity index (χ0n) is 13.0. The van der Waals surface area contributed by atoms with E-state index in [0.29, 0.717) is 11.6 Å². The van der Waals surface area contributed by atoms with Crippen molar-refractivity contribution < 1.29 is 4.79 Å². The molecule has 110 valence electrons. The van der Waals surface area contributed by atoms with E-state index in [2.05, 4.69) is 31.9 Å². The molecule has 0 fully saturated rings. The first-order valence-corrected chi connectivity index (χ1v) is 7.33. The summed E-state index contributed by atoms with van der Waals surface area (Å²) in [7, 11) is 1.80. The lowest BCUT2D eigenvalue weighted by molar-refractivity contribution is 0.0944. The number of anilines is 1. The SMILES string of the molecule is CC1CC(C)(C)N(C(=O)c2ccnn2C)c2ccccc21. The van der Waals surface area contributed by atoms with Crippen LogP contribution in [0.2, 0.25) is 0 Å². The maximum atomic E-state index is 13.0. The topological polar surface area (TPSA) is 38.1 Å². The van der Waals surface area contributed by atoms with Crippen LogP contribution in [0.5, 0.6) is 0 Å². The third kappa shape index (κ3) is 2.15. The standard InChI is InChI=1S/C17H21N3O/c1-12-11-17(2,3)20(14-8-6-5-7-13(12)14)16(21)15-9-10-18-19(15)4/h5-10,12H,11H2,1-4H3. The van der Waals surface area contributed by atoms with Crippen LogP contribution in [0.15, 0.2) is 36.5 Å². The molecule has 1 aliphatic rings. The second kappa shape index (κ2) is 4.72. The summed E-state index contributed by atoms with van der Waals surface area (Å²) in [5, 5.41) is 4.12. The van der Waals surface area contributed by atoms with Gasteiger partial charge in [0.1, 0.15) is 5.69 Å². The first kappa shape index (κ1) is 13.9. The second-order valence-corrected chi connectivity index (χ2v) is 6.46. The summed E-state index contributed by atoms with van der Waals surface area (Å²) in [4.78, 5) is 15.0. The van der Waals surface area contributed by atoms with Crippen molar-refractivity contribution in [3.63, 3.8) is 0 Å². The molecule has 1 atom stereocenters. The van der Waals surface area contributed by atoms with Gasteiger partial charge in [0, 0.05) is 24.5 Å². The number of aromatic nitrogens is 2. The Bertz CT molecular complexity index is 687. The number of hydrogen-bond donors (Lipinski definition) is 0. The maximum Gasteiger partial charge on any atom is 0.277 e. The molecule has 0 saturated heterocycles. The van der Waals surface area contributed by atoms with Crippen molar-refractivity contribution >= 4 is 11.6 Å². The monoisotopic (exact) mass is 283 g/mol. The number of benzene rings is 1. The molecule has 0 aliphatic carbocycles. The van der Waals surface area contributed by atoms with Gasteiger partial charge in [-0.3, -0.25) is 9.48 Å². The molecule has 1 amide bonds. The smallest absolute Gasteiger partial charge is 0.277 e. The van der Waals surface area contributed by atoms with Crippen LogP contribution in [0, 0.1) is 0 Å². The minimum atomic E-state index is -0.213. The van der Waals surface area contributed by atoms with E-state index in [1.807, 2.05) is 23.1 Å². The van der Waals surface area contributed by atoms with Gasteiger partial charge in [-0.1, -0.05) is 25.1 Å². The lowest BCUT2D eigenvalue weighted by Crippen LogP contribution is -2.52. The molecule has 0 spiro atoms. The number of para-hydroxylation sites is 1. The van der Waals surface area contributed by atoms with Crippen molar-refractivity contribution in [2.45, 2.75) is 38.6 Å². The van der Waals surface area contributed by atoms with Gasteiger partial charge in [0.2, 0.25) is 0 Å². The molecule has 0 bridgehead atoms. The number of rotatable bonds is 1. The van der Waals surface area contributed by atoms with Crippen LogP contribution in [0.1, 0.15) is 49.2 Å². The zero-order valence-corrected chi connectivity index (χ0v) is 13.0. The highest BCUT2D eigenvalue weighted by Gasteiger charge is 2.40. The molecule has 0 saturated carbocycles. The van der Waals surface area contributed by atoms with Gasteiger partial charge in [0.05, 0.1) is 0 Å². The van der Waals surface area contributed by atoms with E-state index in [9.17, 15) is 4.79 Å². The minimum absolute atomic E-state index is 0.0133. The van der Waals surface area contributed by atoms with Gasteiger partial charge in [0.25, 0.3) is 5.91 Å². The summed E-state index contributed by atoms with van der Waals surface area (Å²) >= 11 is 0. The number of carbonyl (C=O) groups is 1. The van der Waals surface area contributed by atoms with Crippen LogP contribution in [-0.4, -0.2) is 21.2 Å². The fourth-order valence-corrected chi connectivity index (χ4v) is 3.47. The molecule has 4 heteroatoms. The minimum Gasteiger partial charge on any atom is -0.301 e. The molecule has 2 aromatic rings. The molecular formula is C17H21N3O. The van der Waals surface area contributed by atoms with Gasteiger partial charge in [-0.05, 0) is 43.9 Å². The zero-order chi connectivity index (χ0) is 15.2. The van der Waals surface area contributed by atoms with E-state index in [0.717, 1.165) is 12.1 Å². The fraction of sp³-hybridized carbons (Fsp3) is 0.412. The molecule has 0 radical (unpaired) electrons. The highest BCUT2D eigenvalue weighted by Crippen LogP contribution is 2.43. The van der Waals surface area contributed by atoms with Crippen LogP contribution < -0.4 is 4.90 Å². The van der Waals surface area contributed by atoms with Gasteiger partial charge in [-0.25, -0.2) is 0 Å². The number of carbonyl (C=O) groups excluding carboxylic acids is 1. The van der Waals surface area contributed by atoms with Crippen molar-refractivity contribution in [3.8, 4) is 0 Å². The van der Waals surface area contributed by atoms with Crippen LogP contribution in [0.4, 0.5) is 5.69 Å². The van der Waals surface area contributed by atoms with Gasteiger partial charge in [0.15, 0.2) is 0 Å². The normalized spacial score (nSPS) is 20.2. The fourth-order valence-electron chi connectivity index (χ4n) is 3.47. The van der Waals surface area contributed by atoms with Crippen LogP contribution >= 0.6 is 0 Å². The molecule has 3 rings (SSSR count). The number of aryl methyl sites for hydroxylation is 1. The van der Waals surface area contributed by atoms with Crippen molar-refractivity contribution in [3.05, 3.63) is 47.8 Å². The third-order valence-electron chi connectivity index (χ3n) is 4.36. The number of nitrogens with zero attached hydrogens (tertiary/aromatic N) is 3. The van der Waals surface area contributed by atoms with Crippen LogP contribution in [-0.2, 0) is 7.05 Å². The molecule has 2 heterocycles. The maximum absolute atomic E-state index is 13.0. The highest BCUT2D eigenvalue weighted by molar-refractivity contribution is 6.06. The van der Waals surface area contributed by atoms with E-state index in [1.54, 1.807) is 24.0 Å². The first-order valence-electron chi connectivity index (χ1n) is 7.33. The van der Waals surface area contributed by atoms with Crippen molar-refractivity contribution in [1.82, 2.24) is 9.78 Å². The molecule has 1 aromatic carbocycles. The molecule has 1 aromatic heterocycles. The number of hydrogen-bond acceptors (Lipinski definition) is 2. The lowest BCUT2D eigenvalue weighted by atomic mass is 9.80. The van der Waals surface area contributed by atoms with Crippen molar-refractivity contribution in [1.29, 1.82) is 0 Å². The largest absolute Gasteiger partial charge is 0.301 e. The molecule has 1 aliphatic heterocycles. The average molecular weight is 283 g/mol. The van der Waals surface area contributed by atoms with Crippen LogP contribution in [0.3, 0.4) is 0 Å². The Balaban J connectivity index is 2.13. The van der Waals surface area contributed by atoms with Crippen molar-refractivity contribution in [2.24, 2.45) is 7.05 Å². The summed E-state index contributed by atoms with van der Waals surface area (Å²) in [5.41, 5.74) is 2.67.